The van der Waals surface area contributed by atoms with E-state index in [9.17, 15) is 4.79 Å². The number of hydrogen-bond acceptors (Lipinski definition) is 4. The van der Waals surface area contributed by atoms with E-state index in [0.29, 0.717) is 17.5 Å². The Bertz CT molecular complexity index is 398. The van der Waals surface area contributed by atoms with E-state index in [2.05, 4.69) is 15.3 Å². The Kier molecular flexibility index (Phi) is 3.24. The minimum atomic E-state index is -0.179. The van der Waals surface area contributed by atoms with E-state index in [-0.39, 0.29) is 11.9 Å². The van der Waals surface area contributed by atoms with Gasteiger partial charge in [-0.15, -0.1) is 0 Å². The number of piperazine rings is 1. The van der Waals surface area contributed by atoms with Crippen LogP contribution in [0.15, 0.2) is 12.4 Å². The predicted molar refractivity (Wildman–Crippen MR) is 61.5 cm³/mol. The first kappa shape index (κ1) is 11.1. The van der Waals surface area contributed by atoms with Gasteiger partial charge in [0.25, 0.3) is 0 Å². The highest BCUT2D eigenvalue weighted by Gasteiger charge is 2.29. The number of carbonyl (C=O) groups excluding carboxylic acids is 1. The van der Waals surface area contributed by atoms with Gasteiger partial charge in [0, 0.05) is 13.1 Å². The summed E-state index contributed by atoms with van der Waals surface area (Å²) in [4.78, 5) is 21.8. The number of halogens is 1. The predicted octanol–water partition coefficient (Wildman–Crippen LogP) is 0.845. The van der Waals surface area contributed by atoms with Gasteiger partial charge in [-0.1, -0.05) is 18.5 Å². The van der Waals surface area contributed by atoms with Gasteiger partial charge >= 0.3 is 0 Å². The van der Waals surface area contributed by atoms with E-state index in [0.717, 1.165) is 13.0 Å². The number of aromatic nitrogens is 2. The van der Waals surface area contributed by atoms with Crippen molar-refractivity contribution in [1.82, 2.24) is 15.3 Å². The Balaban J connectivity index is 2.27. The number of hydrogen-bond donors (Lipinski definition) is 1. The summed E-state index contributed by atoms with van der Waals surface area (Å²) in [5, 5.41) is 3.18. The minimum absolute atomic E-state index is 0.0375. The van der Waals surface area contributed by atoms with E-state index in [1.54, 1.807) is 6.20 Å². The Morgan fingerprint density at radius 3 is 3.12 bits per heavy atom. The van der Waals surface area contributed by atoms with Gasteiger partial charge in [-0.05, 0) is 6.42 Å². The number of rotatable bonds is 2. The molecular weight excluding hydrogens is 228 g/mol. The lowest BCUT2D eigenvalue weighted by atomic mass is 10.1. The molecule has 86 valence electrons. The third kappa shape index (κ3) is 2.09. The average Bonchev–Trinajstić information content (AvgIpc) is 2.28. The molecule has 1 aliphatic heterocycles. The first-order valence-electron chi connectivity index (χ1n) is 5.24. The zero-order chi connectivity index (χ0) is 11.5. The quantitative estimate of drug-likeness (QED) is 0.833. The lowest BCUT2D eigenvalue weighted by molar-refractivity contribution is -0.123. The smallest absolute Gasteiger partial charge is 0.242 e. The maximum absolute atomic E-state index is 11.7. The largest absolute Gasteiger partial charge is 0.353 e. The van der Waals surface area contributed by atoms with Crippen molar-refractivity contribution in [1.29, 1.82) is 0 Å². The molecular formula is C10H13ClN4O. The summed E-state index contributed by atoms with van der Waals surface area (Å²) in [5.41, 5.74) is 0. The van der Waals surface area contributed by atoms with Crippen molar-refractivity contribution >= 4 is 23.3 Å². The molecule has 0 saturated carbocycles. The lowest BCUT2D eigenvalue weighted by Crippen LogP contribution is -2.55. The van der Waals surface area contributed by atoms with Crippen LogP contribution in [0, 0.1) is 0 Å². The standard InChI is InChI=1S/C10H13ClN4O/c1-2-7-10(16)13-3-4-15(7)9-6-12-5-8(11)14-9/h5-7H,2-4H2,1H3,(H,13,16). The molecule has 1 N–H and O–H groups in total. The molecule has 0 aliphatic carbocycles. The molecule has 2 heterocycles. The van der Waals surface area contributed by atoms with Crippen molar-refractivity contribution in [3.8, 4) is 0 Å². The van der Waals surface area contributed by atoms with Gasteiger partial charge in [-0.2, -0.15) is 0 Å². The first-order valence-corrected chi connectivity index (χ1v) is 5.62. The summed E-state index contributed by atoms with van der Waals surface area (Å²) in [7, 11) is 0. The van der Waals surface area contributed by atoms with Crippen LogP contribution in [0.2, 0.25) is 5.15 Å². The van der Waals surface area contributed by atoms with Gasteiger partial charge < -0.3 is 10.2 Å². The SMILES string of the molecule is CCC1C(=O)NCCN1c1cncc(Cl)n1. The van der Waals surface area contributed by atoms with Crippen molar-refractivity contribution in [2.45, 2.75) is 19.4 Å². The van der Waals surface area contributed by atoms with Crippen LogP contribution >= 0.6 is 11.6 Å². The zero-order valence-electron chi connectivity index (χ0n) is 8.98. The Hall–Kier alpha value is -1.36. The van der Waals surface area contributed by atoms with E-state index in [1.807, 2.05) is 11.8 Å². The molecule has 1 aromatic heterocycles. The minimum Gasteiger partial charge on any atom is -0.353 e. The molecule has 1 aromatic rings. The molecule has 1 atom stereocenters. The van der Waals surface area contributed by atoms with Crippen molar-refractivity contribution in [3.05, 3.63) is 17.5 Å². The van der Waals surface area contributed by atoms with Crippen molar-refractivity contribution in [2.24, 2.45) is 0 Å². The molecule has 0 aromatic carbocycles. The fourth-order valence-electron chi connectivity index (χ4n) is 1.87. The molecule has 2 rings (SSSR count). The molecule has 1 unspecified atom stereocenters. The van der Waals surface area contributed by atoms with Gasteiger partial charge in [0.15, 0.2) is 0 Å². The summed E-state index contributed by atoms with van der Waals surface area (Å²) >= 11 is 5.79. The monoisotopic (exact) mass is 240 g/mol. The molecule has 5 nitrogen and oxygen atoms in total. The van der Waals surface area contributed by atoms with Crippen LogP contribution in [-0.2, 0) is 4.79 Å². The molecule has 0 radical (unpaired) electrons. The van der Waals surface area contributed by atoms with Gasteiger partial charge in [-0.3, -0.25) is 9.78 Å². The second kappa shape index (κ2) is 4.65. The van der Waals surface area contributed by atoms with Crippen molar-refractivity contribution in [3.63, 3.8) is 0 Å². The van der Waals surface area contributed by atoms with Crippen LogP contribution < -0.4 is 10.2 Å². The van der Waals surface area contributed by atoms with Gasteiger partial charge in [0.2, 0.25) is 5.91 Å². The summed E-state index contributed by atoms with van der Waals surface area (Å²) in [6, 6.07) is -0.179. The summed E-state index contributed by atoms with van der Waals surface area (Å²) in [6.07, 6.45) is 3.85. The normalized spacial score (nSPS) is 20.8. The fraction of sp³-hybridized carbons (Fsp3) is 0.500. The molecule has 6 heteroatoms. The van der Waals surface area contributed by atoms with Crippen molar-refractivity contribution in [2.75, 3.05) is 18.0 Å². The van der Waals surface area contributed by atoms with Gasteiger partial charge in [-0.25, -0.2) is 4.98 Å². The van der Waals surface area contributed by atoms with Gasteiger partial charge in [0.1, 0.15) is 17.0 Å². The molecule has 16 heavy (non-hydrogen) atoms. The zero-order valence-corrected chi connectivity index (χ0v) is 9.74. The highest BCUT2D eigenvalue weighted by molar-refractivity contribution is 6.29. The Labute approximate surface area is 98.8 Å². The molecule has 1 saturated heterocycles. The van der Waals surface area contributed by atoms with Crippen LogP contribution in [0.4, 0.5) is 5.82 Å². The maximum Gasteiger partial charge on any atom is 0.242 e. The van der Waals surface area contributed by atoms with Crippen LogP contribution in [0.3, 0.4) is 0 Å². The molecule has 0 spiro atoms. The highest BCUT2D eigenvalue weighted by atomic mass is 35.5. The first-order chi connectivity index (χ1) is 7.72. The number of anilines is 1. The van der Waals surface area contributed by atoms with Crippen LogP contribution in [-0.4, -0.2) is 35.0 Å². The second-order valence-electron chi connectivity index (χ2n) is 3.61. The van der Waals surface area contributed by atoms with E-state index in [1.165, 1.54) is 6.20 Å². The number of nitrogens with zero attached hydrogens (tertiary/aromatic N) is 3. The third-order valence-corrected chi connectivity index (χ3v) is 2.79. The Morgan fingerprint density at radius 1 is 1.62 bits per heavy atom. The second-order valence-corrected chi connectivity index (χ2v) is 4.00. The summed E-state index contributed by atoms with van der Waals surface area (Å²) in [5.74, 6) is 0.699. The molecule has 1 aliphatic rings. The lowest BCUT2D eigenvalue weighted by Gasteiger charge is -2.35. The molecule has 1 fully saturated rings. The van der Waals surface area contributed by atoms with E-state index in [4.69, 9.17) is 11.6 Å². The molecule has 1 amide bonds. The third-order valence-electron chi connectivity index (χ3n) is 2.60. The van der Waals surface area contributed by atoms with E-state index >= 15 is 0 Å². The van der Waals surface area contributed by atoms with E-state index < -0.39 is 0 Å². The highest BCUT2D eigenvalue weighted by Crippen LogP contribution is 2.18. The van der Waals surface area contributed by atoms with Gasteiger partial charge in [0.05, 0.1) is 12.4 Å². The fourth-order valence-corrected chi connectivity index (χ4v) is 2.01. The van der Waals surface area contributed by atoms with Crippen LogP contribution in [0.5, 0.6) is 0 Å². The number of carbonyl (C=O) groups is 1. The summed E-state index contributed by atoms with van der Waals surface area (Å²) < 4.78 is 0. The number of amides is 1. The number of nitrogens with one attached hydrogen (secondary N) is 1. The summed E-state index contributed by atoms with van der Waals surface area (Å²) in [6.45, 7) is 3.34. The van der Waals surface area contributed by atoms with Crippen molar-refractivity contribution < 1.29 is 4.79 Å². The topological polar surface area (TPSA) is 58.1 Å². The van der Waals surface area contributed by atoms with Crippen LogP contribution in [0.1, 0.15) is 13.3 Å². The Morgan fingerprint density at radius 2 is 2.44 bits per heavy atom. The average molecular weight is 241 g/mol. The molecule has 0 bridgehead atoms. The maximum atomic E-state index is 11.7. The van der Waals surface area contributed by atoms with Crippen LogP contribution in [0.25, 0.3) is 0 Å².